The molecular weight excluding hydrogens is 106 g/mol. The molecule has 0 spiro atoms. The number of aliphatic hydroxyl groups excluding tert-OH is 1. The van der Waals surface area contributed by atoms with Crippen LogP contribution in [-0.4, -0.2) is 18.3 Å². The lowest BCUT2D eigenvalue weighted by Gasteiger charge is -1.99. The van der Waals surface area contributed by atoms with E-state index in [0.717, 1.165) is 6.42 Å². The molecular formula is C5H11NO2. The largest absolute Gasteiger partial charge is 0.481 e. The van der Waals surface area contributed by atoms with Gasteiger partial charge in [-0.05, 0) is 19.5 Å². The summed E-state index contributed by atoms with van der Waals surface area (Å²) in [6.45, 7) is 4.15. The van der Waals surface area contributed by atoms with E-state index in [4.69, 9.17) is 10.8 Å². The standard InChI is InChI=1S/C5H11NO2/c1-5(7)8-4-2-3-6/h7H,1-4,6H2. The monoisotopic (exact) mass is 117 g/mol. The van der Waals surface area contributed by atoms with Crippen molar-refractivity contribution >= 4 is 0 Å². The van der Waals surface area contributed by atoms with Crippen molar-refractivity contribution < 1.29 is 9.84 Å². The fraction of sp³-hybridized carbons (Fsp3) is 0.600. The molecule has 3 N–H and O–H groups in total. The van der Waals surface area contributed by atoms with Crippen LogP contribution in [0.5, 0.6) is 0 Å². The van der Waals surface area contributed by atoms with Crippen LogP contribution in [0, 0.1) is 0 Å². The quantitative estimate of drug-likeness (QED) is 0.413. The molecule has 0 aromatic carbocycles. The maximum Gasteiger partial charge on any atom is 0.268 e. The average molecular weight is 117 g/mol. The van der Waals surface area contributed by atoms with Crippen LogP contribution >= 0.6 is 0 Å². The summed E-state index contributed by atoms with van der Waals surface area (Å²) in [4.78, 5) is 0. The minimum Gasteiger partial charge on any atom is -0.481 e. The van der Waals surface area contributed by atoms with Crippen molar-refractivity contribution in [1.82, 2.24) is 0 Å². The molecule has 3 heteroatoms. The second-order valence-corrected chi connectivity index (χ2v) is 1.38. The smallest absolute Gasteiger partial charge is 0.268 e. The Balaban J connectivity index is 2.82. The van der Waals surface area contributed by atoms with Gasteiger partial charge < -0.3 is 15.6 Å². The van der Waals surface area contributed by atoms with E-state index in [1.165, 1.54) is 0 Å². The van der Waals surface area contributed by atoms with Crippen molar-refractivity contribution in [2.24, 2.45) is 5.73 Å². The minimum atomic E-state index is -0.238. The van der Waals surface area contributed by atoms with Crippen LogP contribution in [0.25, 0.3) is 0 Å². The molecule has 0 rings (SSSR count). The van der Waals surface area contributed by atoms with E-state index in [1.807, 2.05) is 0 Å². The summed E-state index contributed by atoms with van der Waals surface area (Å²) in [5.74, 6) is -0.238. The van der Waals surface area contributed by atoms with Crippen LogP contribution in [0.1, 0.15) is 6.42 Å². The molecule has 0 fully saturated rings. The van der Waals surface area contributed by atoms with Crippen molar-refractivity contribution in [3.8, 4) is 0 Å². The van der Waals surface area contributed by atoms with E-state index < -0.39 is 0 Å². The highest BCUT2D eigenvalue weighted by atomic mass is 16.6. The number of ether oxygens (including phenoxy) is 1. The van der Waals surface area contributed by atoms with Gasteiger partial charge in [-0.2, -0.15) is 0 Å². The minimum absolute atomic E-state index is 0.238. The van der Waals surface area contributed by atoms with Crippen molar-refractivity contribution in [1.29, 1.82) is 0 Å². The molecule has 8 heavy (non-hydrogen) atoms. The van der Waals surface area contributed by atoms with Crippen LogP contribution in [0.2, 0.25) is 0 Å². The summed E-state index contributed by atoms with van der Waals surface area (Å²) in [7, 11) is 0. The molecule has 48 valence electrons. The number of rotatable bonds is 4. The first-order valence-electron chi connectivity index (χ1n) is 2.48. The normalized spacial score (nSPS) is 8.62. The van der Waals surface area contributed by atoms with Gasteiger partial charge in [-0.3, -0.25) is 0 Å². The Bertz CT molecular complexity index is 72.8. The third-order valence-corrected chi connectivity index (χ3v) is 0.617. The highest BCUT2D eigenvalue weighted by Crippen LogP contribution is 1.86. The molecule has 0 aliphatic heterocycles. The Morgan fingerprint density at radius 1 is 1.75 bits per heavy atom. The predicted molar refractivity (Wildman–Crippen MR) is 31.4 cm³/mol. The second-order valence-electron chi connectivity index (χ2n) is 1.38. The molecule has 0 aliphatic rings. The number of hydrogen-bond acceptors (Lipinski definition) is 3. The summed E-state index contributed by atoms with van der Waals surface area (Å²) >= 11 is 0. The molecule has 0 heterocycles. The summed E-state index contributed by atoms with van der Waals surface area (Å²) in [5.41, 5.74) is 5.12. The summed E-state index contributed by atoms with van der Waals surface area (Å²) < 4.78 is 4.56. The fourth-order valence-corrected chi connectivity index (χ4v) is 0.273. The highest BCUT2D eigenvalue weighted by molar-refractivity contribution is 4.61. The first-order valence-corrected chi connectivity index (χ1v) is 2.48. The topological polar surface area (TPSA) is 55.5 Å². The van der Waals surface area contributed by atoms with Gasteiger partial charge in [-0.1, -0.05) is 0 Å². The Labute approximate surface area is 48.8 Å². The summed E-state index contributed by atoms with van der Waals surface area (Å²) in [6.07, 6.45) is 0.750. The van der Waals surface area contributed by atoms with E-state index in [1.54, 1.807) is 0 Å². The zero-order valence-electron chi connectivity index (χ0n) is 4.76. The molecule has 0 aromatic rings. The van der Waals surface area contributed by atoms with Gasteiger partial charge in [0.25, 0.3) is 5.95 Å². The third-order valence-electron chi connectivity index (χ3n) is 0.617. The van der Waals surface area contributed by atoms with E-state index in [-0.39, 0.29) is 5.95 Å². The molecule has 0 amide bonds. The number of aliphatic hydroxyl groups is 1. The summed E-state index contributed by atoms with van der Waals surface area (Å²) in [5, 5.41) is 8.32. The van der Waals surface area contributed by atoms with Gasteiger partial charge in [0.05, 0.1) is 6.61 Å². The highest BCUT2D eigenvalue weighted by Gasteiger charge is 1.85. The summed E-state index contributed by atoms with van der Waals surface area (Å²) in [6, 6.07) is 0. The zero-order valence-corrected chi connectivity index (χ0v) is 4.76. The Morgan fingerprint density at radius 3 is 2.75 bits per heavy atom. The van der Waals surface area contributed by atoms with E-state index >= 15 is 0 Å². The zero-order chi connectivity index (χ0) is 6.41. The van der Waals surface area contributed by atoms with Crippen LogP contribution < -0.4 is 5.73 Å². The molecule has 0 bridgehead atoms. The molecule has 0 aliphatic carbocycles. The lowest BCUT2D eigenvalue weighted by Crippen LogP contribution is -2.03. The van der Waals surface area contributed by atoms with Gasteiger partial charge in [0.1, 0.15) is 0 Å². The molecule has 0 unspecified atom stereocenters. The van der Waals surface area contributed by atoms with Gasteiger partial charge >= 0.3 is 0 Å². The van der Waals surface area contributed by atoms with E-state index in [2.05, 4.69) is 11.3 Å². The van der Waals surface area contributed by atoms with Gasteiger partial charge in [0.2, 0.25) is 0 Å². The molecule has 3 nitrogen and oxygen atoms in total. The Hall–Kier alpha value is -0.700. The van der Waals surface area contributed by atoms with Crippen LogP contribution in [0.15, 0.2) is 12.5 Å². The van der Waals surface area contributed by atoms with Crippen molar-refractivity contribution in [2.45, 2.75) is 6.42 Å². The van der Waals surface area contributed by atoms with Gasteiger partial charge in [0.15, 0.2) is 0 Å². The van der Waals surface area contributed by atoms with Gasteiger partial charge in [-0.25, -0.2) is 0 Å². The van der Waals surface area contributed by atoms with E-state index in [0.29, 0.717) is 13.2 Å². The molecule has 0 radical (unpaired) electrons. The lowest BCUT2D eigenvalue weighted by molar-refractivity contribution is 0.0948. The van der Waals surface area contributed by atoms with Crippen LogP contribution in [-0.2, 0) is 4.74 Å². The van der Waals surface area contributed by atoms with Crippen molar-refractivity contribution in [3.05, 3.63) is 12.5 Å². The van der Waals surface area contributed by atoms with Crippen LogP contribution in [0.3, 0.4) is 0 Å². The van der Waals surface area contributed by atoms with E-state index in [9.17, 15) is 0 Å². The lowest BCUT2D eigenvalue weighted by atomic mass is 10.5. The maximum atomic E-state index is 8.32. The second kappa shape index (κ2) is 4.46. The van der Waals surface area contributed by atoms with Crippen molar-refractivity contribution in [2.75, 3.05) is 13.2 Å². The molecule has 0 atom stereocenters. The Morgan fingerprint density at radius 2 is 2.38 bits per heavy atom. The SMILES string of the molecule is C=C(O)OCCCN. The Kier molecular flexibility index (Phi) is 4.07. The maximum absolute atomic E-state index is 8.32. The predicted octanol–water partition coefficient (Wildman–Crippen LogP) is 0.381. The molecule has 0 saturated carbocycles. The molecule has 0 saturated heterocycles. The van der Waals surface area contributed by atoms with Gasteiger partial charge in [-0.15, -0.1) is 0 Å². The average Bonchev–Trinajstić information content (AvgIpc) is 1.66. The van der Waals surface area contributed by atoms with Crippen LogP contribution in [0.4, 0.5) is 0 Å². The van der Waals surface area contributed by atoms with Crippen molar-refractivity contribution in [3.63, 3.8) is 0 Å². The fourth-order valence-electron chi connectivity index (χ4n) is 0.273. The number of hydrogen-bond donors (Lipinski definition) is 2. The van der Waals surface area contributed by atoms with Gasteiger partial charge in [0, 0.05) is 0 Å². The molecule has 0 aromatic heterocycles. The number of nitrogens with two attached hydrogens (primary N) is 1. The first-order chi connectivity index (χ1) is 3.77. The first kappa shape index (κ1) is 7.30. The third kappa shape index (κ3) is 5.30.